The molecule has 4 aliphatic rings. The number of hydrogen-bond acceptors (Lipinski definition) is 16. The molecule has 4 saturated carbocycles. The minimum atomic E-state index is -1.13. The van der Waals surface area contributed by atoms with Crippen molar-refractivity contribution < 1.29 is 53.0 Å². The summed E-state index contributed by atoms with van der Waals surface area (Å²) in [6.07, 6.45) is 14.1. The van der Waals surface area contributed by atoms with Crippen LogP contribution in [-0.4, -0.2) is 119 Å². The normalized spacial score (nSPS) is 20.6. The van der Waals surface area contributed by atoms with E-state index >= 15 is 0 Å². The Kier molecular flexibility index (Phi) is 28.1. The van der Waals surface area contributed by atoms with Crippen molar-refractivity contribution in [3.8, 4) is 23.4 Å². The largest absolute Gasteiger partial charge is 0.497 e. The molecule has 4 N–H and O–H groups in total. The van der Waals surface area contributed by atoms with E-state index in [0.29, 0.717) is 76.3 Å². The van der Waals surface area contributed by atoms with Gasteiger partial charge in [-0.1, -0.05) is 131 Å². The Morgan fingerprint density at radius 1 is 0.474 bits per heavy atom. The van der Waals surface area contributed by atoms with Gasteiger partial charge >= 0.3 is 17.9 Å². The minimum absolute atomic E-state index is 0.0100. The van der Waals surface area contributed by atoms with Gasteiger partial charge in [-0.25, -0.2) is 29.3 Å². The Morgan fingerprint density at radius 2 is 0.825 bits per heavy atom. The molecule has 0 bridgehead atoms. The summed E-state index contributed by atoms with van der Waals surface area (Å²) in [5.74, 6) is 0.817. The van der Waals surface area contributed by atoms with Gasteiger partial charge in [-0.2, -0.15) is 0 Å². The molecular weight excluding hydrogens is 1410 g/mol. The number of carbonyl (C=O) groups is 3. The molecule has 20 nitrogen and oxygen atoms in total. The Bertz CT molecular complexity index is 3800. The van der Waals surface area contributed by atoms with Crippen molar-refractivity contribution in [2.45, 2.75) is 171 Å². The van der Waals surface area contributed by atoms with Gasteiger partial charge in [-0.05, 0) is 253 Å². The van der Waals surface area contributed by atoms with Gasteiger partial charge in [0.05, 0.1) is 33.0 Å². The van der Waals surface area contributed by atoms with Crippen LogP contribution in [-0.2, 0) is 16.0 Å². The van der Waals surface area contributed by atoms with E-state index in [9.17, 15) is 19.5 Å². The second-order valence-corrected chi connectivity index (χ2v) is 27.6. The molecule has 0 radical (unpaired) electrons. The molecule has 0 saturated heterocycles. The number of hydrogen-bond donors (Lipinski definition) is 4. The number of H-pyrrole nitrogens is 2. The van der Waals surface area contributed by atoms with E-state index in [2.05, 4.69) is 41.1 Å². The molecule has 8 aromatic rings. The Morgan fingerprint density at radius 3 is 1.20 bits per heavy atom. The molecule has 12 rings (SSSR count). The molecule has 518 valence electrons. The number of carboxylic acids is 1. The summed E-state index contributed by atoms with van der Waals surface area (Å²) in [6, 6.07) is 30.3. The van der Waals surface area contributed by atoms with Crippen LogP contribution in [0.4, 0.5) is 0 Å². The quantitative estimate of drug-likeness (QED) is 0.0582. The Balaban J connectivity index is 0.000000157. The summed E-state index contributed by atoms with van der Waals surface area (Å²) in [5, 5.41) is 51.5. The molecule has 0 unspecified atom stereocenters. The zero-order chi connectivity index (χ0) is 69.1. The third-order valence-corrected chi connectivity index (χ3v) is 19.1. The van der Waals surface area contributed by atoms with E-state index in [1.807, 2.05) is 72.8 Å². The van der Waals surface area contributed by atoms with Crippen molar-refractivity contribution in [1.29, 1.82) is 0 Å². The van der Waals surface area contributed by atoms with Gasteiger partial charge in [0.25, 0.3) is 11.8 Å². The summed E-state index contributed by atoms with van der Waals surface area (Å²) in [7, 11) is 1.62. The number of aliphatic hydroxyl groups is 1. The highest BCUT2D eigenvalue weighted by molar-refractivity contribution is 6.36. The van der Waals surface area contributed by atoms with Gasteiger partial charge in [0, 0.05) is 40.2 Å². The van der Waals surface area contributed by atoms with E-state index in [4.69, 9.17) is 126 Å². The number of rotatable bonds is 18. The highest BCUT2D eigenvalue weighted by Gasteiger charge is 2.32. The monoisotopic (exact) mass is 1490 g/mol. The number of ether oxygens (including phenoxy) is 6. The maximum Gasteiger partial charge on any atom is 0.364 e. The second-order valence-electron chi connectivity index (χ2n) is 24.1. The number of halogens is 8. The molecule has 0 atom stereocenters. The topological polar surface area (TPSA) is 261 Å². The molecule has 3 aromatic heterocycles. The predicted molar refractivity (Wildman–Crippen MR) is 374 cm³/mol. The first-order valence-corrected chi connectivity index (χ1v) is 35.2. The lowest BCUT2D eigenvalue weighted by atomic mass is 9.83. The lowest BCUT2D eigenvalue weighted by Crippen LogP contribution is -2.25. The standard InChI is InChI=1S/C25H27Cl2N3O4.C17H19Cl2N3O3.C15H15Cl2N3O3.C12H14Cl2O/c1-3-33-25(31)23-24(30(29-28-23)15-16-4-8-21(32-2)9-5-16)34-22-10-6-17(7-11-22)18-12-19(26)14-20(27)13-18;1-2-24-17(23)15-16(21-22-20-15)25-14-5-3-10(4-6-14)11-7-12(18)9-13(19)8-11;16-10-5-9(6-11(17)7-10)8-1-3-12(4-2-8)23-14-13(15(21)22)18-20-19-14;13-10-5-9(6-11(14)7-10)8-1-3-12(15)4-2-8/h4-5,8-9,12-14,17,22H,3,6-7,10-11,15H2,1-2H3;7-10,14H,2-6H2,1H3,(H,20,21,22);5-8,12H,1-4H2,(H,21,22)(H,18,19,20);5-8,12,15H,1-4H2. The highest BCUT2D eigenvalue weighted by atomic mass is 35.5. The fraction of sp³-hybridized carbons (Fsp3) is 0.435. The molecule has 28 heteroatoms. The van der Waals surface area contributed by atoms with Gasteiger partial charge in [0.15, 0.2) is 0 Å². The summed E-state index contributed by atoms with van der Waals surface area (Å²) in [4.78, 5) is 35.3. The molecule has 0 spiro atoms. The molecule has 3 heterocycles. The van der Waals surface area contributed by atoms with E-state index in [1.165, 1.54) is 5.56 Å². The number of esters is 2. The number of aromatic amines is 2. The lowest BCUT2D eigenvalue weighted by molar-refractivity contribution is 0.0497. The zero-order valence-electron chi connectivity index (χ0n) is 53.5. The van der Waals surface area contributed by atoms with Gasteiger partial charge in [-0.15, -0.1) is 5.10 Å². The van der Waals surface area contributed by atoms with Gasteiger partial charge < -0.3 is 38.6 Å². The van der Waals surface area contributed by atoms with Crippen molar-refractivity contribution in [2.75, 3.05) is 20.3 Å². The van der Waals surface area contributed by atoms with E-state index in [1.54, 1.807) is 49.9 Å². The second kappa shape index (κ2) is 36.5. The fourth-order valence-electron chi connectivity index (χ4n) is 12.5. The number of nitrogens with one attached hydrogen (secondary N) is 2. The molecule has 0 amide bonds. The van der Waals surface area contributed by atoms with Crippen molar-refractivity contribution in [1.82, 2.24) is 45.8 Å². The molecule has 97 heavy (non-hydrogen) atoms. The smallest absolute Gasteiger partial charge is 0.364 e. The number of carbonyl (C=O) groups excluding carboxylic acids is 2. The summed E-state index contributed by atoms with van der Waals surface area (Å²) in [6.45, 7) is 4.43. The van der Waals surface area contributed by atoms with Crippen molar-refractivity contribution >= 4 is 111 Å². The van der Waals surface area contributed by atoms with Crippen molar-refractivity contribution in [3.05, 3.63) is 182 Å². The predicted octanol–water partition coefficient (Wildman–Crippen LogP) is 18.2. The first-order valence-electron chi connectivity index (χ1n) is 32.2. The number of carboxylic acid groups (broad SMARTS) is 1. The van der Waals surface area contributed by atoms with Crippen LogP contribution in [0, 0.1) is 0 Å². The first kappa shape index (κ1) is 74.6. The Labute approximate surface area is 602 Å². The summed E-state index contributed by atoms with van der Waals surface area (Å²) in [5.41, 5.74) is 5.76. The first-order chi connectivity index (χ1) is 46.7. The molecule has 4 fully saturated rings. The molecule has 4 aliphatic carbocycles. The maximum absolute atomic E-state index is 12.5. The van der Waals surface area contributed by atoms with E-state index < -0.39 is 17.9 Å². The fourth-order valence-corrected chi connectivity index (χ4v) is 14.7. The maximum atomic E-state index is 12.5. The Hall–Kier alpha value is -6.59. The minimum Gasteiger partial charge on any atom is -0.497 e. The van der Waals surface area contributed by atoms with E-state index in [0.717, 1.165) is 131 Å². The number of benzene rings is 5. The van der Waals surface area contributed by atoms with Crippen LogP contribution in [0.2, 0.25) is 40.2 Å². The summed E-state index contributed by atoms with van der Waals surface area (Å²) >= 11 is 48.6. The molecule has 5 aromatic carbocycles. The number of aromatic nitrogens is 9. The number of methoxy groups -OCH3 is 1. The third kappa shape index (κ3) is 22.0. The van der Waals surface area contributed by atoms with Crippen LogP contribution >= 0.6 is 92.8 Å². The van der Waals surface area contributed by atoms with Crippen LogP contribution in [0.25, 0.3) is 0 Å². The van der Waals surface area contributed by atoms with Gasteiger partial charge in [0.1, 0.15) is 24.1 Å². The number of nitrogens with zero attached hydrogens (tertiary/aromatic N) is 7. The van der Waals surface area contributed by atoms with Crippen molar-refractivity contribution in [3.63, 3.8) is 0 Å². The van der Waals surface area contributed by atoms with Gasteiger partial charge in [0.2, 0.25) is 23.0 Å². The SMILES string of the molecule is CCOC(=O)c1[nH]nnc1OC1CCC(c2cc(Cl)cc(Cl)c2)CC1.CCOC(=O)c1nnn(Cc2ccc(OC)cc2)c1OC1CCC(c2cc(Cl)cc(Cl)c2)CC1.O=C(O)c1[nH]nnc1OC1CCC(c2cc(Cl)cc(Cl)c2)CC1.OC1CCC(c2cc(Cl)cc(Cl)c2)CC1. The third-order valence-electron chi connectivity index (χ3n) is 17.4. The highest BCUT2D eigenvalue weighted by Crippen LogP contribution is 2.41. The van der Waals surface area contributed by atoms with Gasteiger partial charge in [-0.3, -0.25) is 0 Å². The zero-order valence-corrected chi connectivity index (χ0v) is 59.6. The van der Waals surface area contributed by atoms with Crippen LogP contribution in [0.5, 0.6) is 23.4 Å². The van der Waals surface area contributed by atoms with Crippen LogP contribution in [0.3, 0.4) is 0 Å². The average molecular weight is 1490 g/mol. The van der Waals surface area contributed by atoms with Crippen LogP contribution in [0.15, 0.2) is 97.1 Å². The number of aliphatic hydroxyl groups excluding tert-OH is 1. The summed E-state index contributed by atoms with van der Waals surface area (Å²) < 4.78 is 34.8. The number of aromatic carboxylic acids is 1. The lowest BCUT2D eigenvalue weighted by Gasteiger charge is -2.29. The molecular formula is C69H75Cl8N9O11. The van der Waals surface area contributed by atoms with Crippen molar-refractivity contribution in [2.24, 2.45) is 0 Å². The molecule has 0 aliphatic heterocycles. The van der Waals surface area contributed by atoms with E-state index in [-0.39, 0.29) is 66.5 Å². The average Bonchev–Trinajstić information content (AvgIpc) is 1.75. The van der Waals surface area contributed by atoms with Crippen LogP contribution in [0.1, 0.15) is 200 Å². The van der Waals surface area contributed by atoms with Crippen LogP contribution < -0.4 is 18.9 Å².